The van der Waals surface area contributed by atoms with Crippen LogP contribution < -0.4 is 10.0 Å². The summed E-state index contributed by atoms with van der Waals surface area (Å²) in [7, 11) is -2.00. The molecular formula is C12H19BrClN3O2S. The van der Waals surface area contributed by atoms with E-state index < -0.39 is 10.2 Å². The fourth-order valence-corrected chi connectivity index (χ4v) is 2.89. The average Bonchev–Trinajstić information content (AvgIpc) is 2.38. The van der Waals surface area contributed by atoms with Gasteiger partial charge in [0.2, 0.25) is 0 Å². The molecule has 1 aromatic rings. The second kappa shape index (κ2) is 8.19. The van der Waals surface area contributed by atoms with Gasteiger partial charge in [-0.3, -0.25) is 4.72 Å². The van der Waals surface area contributed by atoms with E-state index in [4.69, 9.17) is 11.6 Å². The van der Waals surface area contributed by atoms with Gasteiger partial charge in [0.25, 0.3) is 0 Å². The Balaban J connectivity index is 2.61. The number of nitrogens with one attached hydrogen (secondary N) is 2. The van der Waals surface area contributed by atoms with Gasteiger partial charge in [0.15, 0.2) is 0 Å². The van der Waals surface area contributed by atoms with E-state index in [0.717, 1.165) is 24.0 Å². The molecular weight excluding hydrogens is 366 g/mol. The quantitative estimate of drug-likeness (QED) is 0.677. The zero-order valence-electron chi connectivity index (χ0n) is 11.5. The molecule has 114 valence electrons. The van der Waals surface area contributed by atoms with Crippen LogP contribution in [0.2, 0.25) is 5.02 Å². The van der Waals surface area contributed by atoms with E-state index in [-0.39, 0.29) is 0 Å². The van der Waals surface area contributed by atoms with Crippen molar-refractivity contribution < 1.29 is 8.42 Å². The van der Waals surface area contributed by atoms with Crippen molar-refractivity contribution in [3.05, 3.63) is 27.7 Å². The van der Waals surface area contributed by atoms with Crippen molar-refractivity contribution in [2.24, 2.45) is 0 Å². The predicted octanol–water partition coefficient (Wildman–Crippen LogP) is 2.69. The Bertz CT molecular complexity index is 540. The molecule has 0 aliphatic heterocycles. The molecule has 1 aromatic carbocycles. The third kappa shape index (κ3) is 5.57. The summed E-state index contributed by atoms with van der Waals surface area (Å²) in [6.07, 6.45) is 0.756. The summed E-state index contributed by atoms with van der Waals surface area (Å²) in [6, 6.07) is 4.92. The third-order valence-electron chi connectivity index (χ3n) is 2.65. The zero-order valence-corrected chi connectivity index (χ0v) is 14.6. The van der Waals surface area contributed by atoms with Gasteiger partial charge in [-0.15, -0.1) is 0 Å². The van der Waals surface area contributed by atoms with Gasteiger partial charge in [-0.1, -0.05) is 18.5 Å². The molecule has 0 atom stereocenters. The number of hydrogen-bond acceptors (Lipinski definition) is 3. The second-order valence-electron chi connectivity index (χ2n) is 4.26. The molecule has 1 rings (SSSR count). The van der Waals surface area contributed by atoms with Crippen molar-refractivity contribution >= 4 is 43.4 Å². The van der Waals surface area contributed by atoms with Gasteiger partial charge < -0.3 is 5.32 Å². The molecule has 8 heteroatoms. The van der Waals surface area contributed by atoms with Crippen molar-refractivity contribution in [2.45, 2.75) is 13.3 Å². The topological polar surface area (TPSA) is 61.4 Å². The molecule has 0 unspecified atom stereocenters. The first-order valence-corrected chi connectivity index (χ1v) is 8.87. The van der Waals surface area contributed by atoms with Gasteiger partial charge in [0.1, 0.15) is 0 Å². The summed E-state index contributed by atoms with van der Waals surface area (Å²) in [6.45, 7) is 4.14. The molecule has 0 fully saturated rings. The van der Waals surface area contributed by atoms with E-state index in [1.807, 2.05) is 6.92 Å². The van der Waals surface area contributed by atoms with Crippen LogP contribution in [0.3, 0.4) is 0 Å². The lowest BCUT2D eigenvalue weighted by atomic mass is 10.3. The first-order chi connectivity index (χ1) is 9.36. The minimum absolute atomic E-state index is 0.441. The molecule has 0 radical (unpaired) electrons. The average molecular weight is 385 g/mol. The highest BCUT2D eigenvalue weighted by molar-refractivity contribution is 9.10. The number of hydrogen-bond donors (Lipinski definition) is 2. The summed E-state index contributed by atoms with van der Waals surface area (Å²) < 4.78 is 28.7. The van der Waals surface area contributed by atoms with Gasteiger partial charge in [-0.2, -0.15) is 12.7 Å². The smallest absolute Gasteiger partial charge is 0.301 e. The second-order valence-corrected chi connectivity index (χ2v) is 7.30. The van der Waals surface area contributed by atoms with E-state index in [1.165, 1.54) is 4.31 Å². The van der Waals surface area contributed by atoms with Crippen molar-refractivity contribution in [3.8, 4) is 0 Å². The summed E-state index contributed by atoms with van der Waals surface area (Å²) >= 11 is 9.20. The van der Waals surface area contributed by atoms with Crippen LogP contribution in [-0.2, 0) is 10.2 Å². The van der Waals surface area contributed by atoms with Crippen LogP contribution in [0.1, 0.15) is 13.3 Å². The van der Waals surface area contributed by atoms with Gasteiger partial charge in [-0.25, -0.2) is 0 Å². The molecule has 5 nitrogen and oxygen atoms in total. The van der Waals surface area contributed by atoms with Crippen molar-refractivity contribution in [1.82, 2.24) is 9.62 Å². The Morgan fingerprint density at radius 1 is 1.40 bits per heavy atom. The highest BCUT2D eigenvalue weighted by atomic mass is 79.9. The fourth-order valence-electron chi connectivity index (χ4n) is 1.51. The van der Waals surface area contributed by atoms with Crippen molar-refractivity contribution in [2.75, 3.05) is 31.4 Å². The lowest BCUT2D eigenvalue weighted by Gasteiger charge is -2.18. The SMILES string of the molecule is CCNCCCN(C)S(=O)(=O)Nc1ccc(Br)c(Cl)c1. The normalized spacial score (nSPS) is 11.8. The van der Waals surface area contributed by atoms with E-state index in [1.54, 1.807) is 25.2 Å². The van der Waals surface area contributed by atoms with Crippen molar-refractivity contribution in [3.63, 3.8) is 0 Å². The molecule has 0 aliphatic carbocycles. The van der Waals surface area contributed by atoms with E-state index >= 15 is 0 Å². The van der Waals surface area contributed by atoms with Crippen LogP contribution in [0, 0.1) is 0 Å². The van der Waals surface area contributed by atoms with Crippen LogP contribution in [0.5, 0.6) is 0 Å². The number of rotatable bonds is 8. The first kappa shape index (κ1) is 17.7. The Morgan fingerprint density at radius 3 is 2.70 bits per heavy atom. The van der Waals surface area contributed by atoms with Crippen molar-refractivity contribution in [1.29, 1.82) is 0 Å². The predicted molar refractivity (Wildman–Crippen MR) is 87.5 cm³/mol. The molecule has 0 heterocycles. The highest BCUT2D eigenvalue weighted by Gasteiger charge is 2.17. The minimum Gasteiger partial charge on any atom is -0.317 e. The van der Waals surface area contributed by atoms with Crippen LogP contribution >= 0.6 is 27.5 Å². The molecule has 0 bridgehead atoms. The largest absolute Gasteiger partial charge is 0.317 e. The van der Waals surface area contributed by atoms with Crippen LogP contribution in [-0.4, -0.2) is 39.4 Å². The summed E-state index contributed by atoms with van der Waals surface area (Å²) in [5.41, 5.74) is 0.441. The number of halogens is 2. The molecule has 0 spiro atoms. The van der Waals surface area contributed by atoms with Gasteiger partial charge in [0, 0.05) is 18.1 Å². The van der Waals surface area contributed by atoms with E-state index in [0.29, 0.717) is 17.3 Å². The number of benzene rings is 1. The van der Waals surface area contributed by atoms with Crippen LogP contribution in [0.15, 0.2) is 22.7 Å². The minimum atomic E-state index is -3.55. The lowest BCUT2D eigenvalue weighted by molar-refractivity contribution is 0.459. The Morgan fingerprint density at radius 2 is 2.10 bits per heavy atom. The maximum Gasteiger partial charge on any atom is 0.301 e. The molecule has 0 aliphatic rings. The van der Waals surface area contributed by atoms with Gasteiger partial charge in [0.05, 0.1) is 10.7 Å². The molecule has 0 amide bonds. The molecule has 0 aromatic heterocycles. The summed E-state index contributed by atoms with van der Waals surface area (Å²) in [5, 5.41) is 3.61. The van der Waals surface area contributed by atoms with E-state index in [2.05, 4.69) is 26.0 Å². The standard InChI is InChI=1S/C12H19BrClN3O2S/c1-3-15-7-4-8-17(2)20(18,19)16-10-5-6-11(13)12(14)9-10/h5-6,9,15-16H,3-4,7-8H2,1-2H3. The molecule has 0 saturated heterocycles. The maximum atomic E-state index is 12.1. The van der Waals surface area contributed by atoms with Gasteiger partial charge >= 0.3 is 10.2 Å². The number of anilines is 1. The highest BCUT2D eigenvalue weighted by Crippen LogP contribution is 2.26. The molecule has 0 saturated carbocycles. The zero-order chi connectivity index (χ0) is 15.2. The fraction of sp³-hybridized carbons (Fsp3) is 0.500. The third-order valence-corrected chi connectivity index (χ3v) is 5.38. The Hall–Kier alpha value is -0.340. The summed E-state index contributed by atoms with van der Waals surface area (Å²) in [4.78, 5) is 0. The van der Waals surface area contributed by atoms with Gasteiger partial charge in [-0.05, 0) is 53.6 Å². The first-order valence-electron chi connectivity index (χ1n) is 6.26. The monoisotopic (exact) mass is 383 g/mol. The van der Waals surface area contributed by atoms with Crippen LogP contribution in [0.4, 0.5) is 5.69 Å². The Labute approximate surface area is 134 Å². The summed E-state index contributed by atoms with van der Waals surface area (Å²) in [5.74, 6) is 0. The lowest BCUT2D eigenvalue weighted by Crippen LogP contribution is -2.34. The maximum absolute atomic E-state index is 12.1. The molecule has 20 heavy (non-hydrogen) atoms. The number of nitrogens with zero attached hydrogens (tertiary/aromatic N) is 1. The van der Waals surface area contributed by atoms with E-state index in [9.17, 15) is 8.42 Å². The van der Waals surface area contributed by atoms with Crippen LogP contribution in [0.25, 0.3) is 0 Å². The Kier molecular flexibility index (Phi) is 7.25. The molecule has 2 N–H and O–H groups in total.